The Morgan fingerprint density at radius 2 is 2.00 bits per heavy atom. The van der Waals surface area contributed by atoms with E-state index in [4.69, 9.17) is 4.74 Å². The number of piperazine rings is 1. The van der Waals surface area contributed by atoms with Crippen molar-refractivity contribution in [3.63, 3.8) is 0 Å². The minimum Gasteiger partial charge on any atom is -0.492 e. The Balaban J connectivity index is 1.62. The fourth-order valence-corrected chi connectivity index (χ4v) is 3.67. The van der Waals surface area contributed by atoms with E-state index in [1.165, 1.54) is 11.3 Å². The molecule has 1 aliphatic rings. The number of anilines is 2. The summed E-state index contributed by atoms with van der Waals surface area (Å²) >= 11 is 1.47. The topological polar surface area (TPSA) is 57.7 Å². The summed E-state index contributed by atoms with van der Waals surface area (Å²) in [5, 5.41) is 5.78. The first-order chi connectivity index (χ1) is 12.2. The molecule has 1 aliphatic heterocycles. The smallest absolute Gasteiger partial charge is 0.273 e. The molecule has 0 spiro atoms. The van der Waals surface area contributed by atoms with Crippen molar-refractivity contribution in [3.8, 4) is 5.75 Å². The molecule has 0 atom stereocenters. The van der Waals surface area contributed by atoms with Crippen molar-refractivity contribution in [2.75, 3.05) is 49.5 Å². The predicted molar refractivity (Wildman–Crippen MR) is 102 cm³/mol. The number of carbonyl (C=O) groups excluding carboxylic acids is 1. The summed E-state index contributed by atoms with van der Waals surface area (Å²) in [4.78, 5) is 21.2. The first-order valence-corrected chi connectivity index (χ1v) is 9.56. The number of nitrogens with zero attached hydrogens (tertiary/aromatic N) is 3. The zero-order chi connectivity index (χ0) is 17.6. The van der Waals surface area contributed by atoms with Gasteiger partial charge in [0.05, 0.1) is 12.3 Å². The minimum atomic E-state index is 0.0122. The maximum Gasteiger partial charge on any atom is 0.273 e. The van der Waals surface area contributed by atoms with Crippen LogP contribution in [0.5, 0.6) is 5.75 Å². The quantitative estimate of drug-likeness (QED) is 0.858. The van der Waals surface area contributed by atoms with Gasteiger partial charge in [0.2, 0.25) is 0 Å². The lowest BCUT2D eigenvalue weighted by Crippen LogP contribution is -2.49. The van der Waals surface area contributed by atoms with Crippen molar-refractivity contribution in [1.29, 1.82) is 0 Å². The Morgan fingerprint density at radius 1 is 1.24 bits per heavy atom. The molecule has 0 radical (unpaired) electrons. The van der Waals surface area contributed by atoms with Crippen LogP contribution in [-0.4, -0.2) is 55.1 Å². The van der Waals surface area contributed by atoms with E-state index >= 15 is 0 Å². The summed E-state index contributed by atoms with van der Waals surface area (Å²) in [6.07, 6.45) is 0. The van der Waals surface area contributed by atoms with Gasteiger partial charge in [-0.25, -0.2) is 4.98 Å². The fourth-order valence-electron chi connectivity index (χ4n) is 2.91. The lowest BCUT2D eigenvalue weighted by Gasteiger charge is -2.36. The third kappa shape index (κ3) is 4.04. The highest BCUT2D eigenvalue weighted by Crippen LogP contribution is 2.29. The van der Waals surface area contributed by atoms with Gasteiger partial charge in [-0.2, -0.15) is 0 Å². The number of amides is 1. The van der Waals surface area contributed by atoms with Crippen LogP contribution in [0.15, 0.2) is 29.6 Å². The van der Waals surface area contributed by atoms with Gasteiger partial charge in [0.1, 0.15) is 11.4 Å². The molecule has 0 unspecified atom stereocenters. The number of nitrogens with one attached hydrogen (secondary N) is 1. The highest BCUT2D eigenvalue weighted by Gasteiger charge is 2.25. The first-order valence-electron chi connectivity index (χ1n) is 8.68. The number of thiazole rings is 1. The Bertz CT molecular complexity index is 711. The molecule has 1 aromatic carbocycles. The number of hydrogen-bond acceptors (Lipinski definition) is 6. The number of ether oxygens (including phenoxy) is 1. The van der Waals surface area contributed by atoms with Crippen LogP contribution in [0.25, 0.3) is 0 Å². The SMILES string of the molecule is CCNc1nc(C(=O)N2CCN(c3ccccc3OCC)CC2)cs1. The standard InChI is InChI=1S/C18H24N4O2S/c1-3-19-18-20-14(13-25-18)17(23)22-11-9-21(10-12-22)15-7-5-6-8-16(15)24-4-2/h5-8,13H,3-4,9-12H2,1-2H3,(H,19,20). The molecule has 134 valence electrons. The van der Waals surface area contributed by atoms with Gasteiger partial charge < -0.3 is 19.9 Å². The molecular formula is C18H24N4O2S. The van der Waals surface area contributed by atoms with Crippen LogP contribution in [0.2, 0.25) is 0 Å². The van der Waals surface area contributed by atoms with E-state index in [0.29, 0.717) is 25.4 Å². The third-order valence-corrected chi connectivity index (χ3v) is 4.92. The summed E-state index contributed by atoms with van der Waals surface area (Å²) in [6.45, 7) is 8.42. The monoisotopic (exact) mass is 360 g/mol. The molecular weight excluding hydrogens is 336 g/mol. The van der Waals surface area contributed by atoms with E-state index in [-0.39, 0.29) is 5.91 Å². The van der Waals surface area contributed by atoms with Crippen LogP contribution in [-0.2, 0) is 0 Å². The summed E-state index contributed by atoms with van der Waals surface area (Å²) in [5.74, 6) is 0.915. The van der Waals surface area contributed by atoms with Crippen LogP contribution >= 0.6 is 11.3 Å². The van der Waals surface area contributed by atoms with Crippen molar-refractivity contribution >= 4 is 28.1 Å². The normalized spacial score (nSPS) is 14.5. The van der Waals surface area contributed by atoms with E-state index < -0.39 is 0 Å². The van der Waals surface area contributed by atoms with Gasteiger partial charge in [0.25, 0.3) is 5.91 Å². The van der Waals surface area contributed by atoms with Crippen molar-refractivity contribution in [2.24, 2.45) is 0 Å². The predicted octanol–water partition coefficient (Wildman–Crippen LogP) is 2.94. The van der Waals surface area contributed by atoms with Crippen LogP contribution in [0.1, 0.15) is 24.3 Å². The maximum absolute atomic E-state index is 12.6. The van der Waals surface area contributed by atoms with E-state index in [1.807, 2.05) is 42.3 Å². The molecule has 1 saturated heterocycles. The second-order valence-electron chi connectivity index (χ2n) is 5.75. The Morgan fingerprint density at radius 3 is 2.72 bits per heavy atom. The van der Waals surface area contributed by atoms with Crippen LogP contribution in [0.3, 0.4) is 0 Å². The number of benzene rings is 1. The maximum atomic E-state index is 12.6. The highest BCUT2D eigenvalue weighted by atomic mass is 32.1. The zero-order valence-corrected chi connectivity index (χ0v) is 15.5. The zero-order valence-electron chi connectivity index (χ0n) is 14.7. The van der Waals surface area contributed by atoms with Gasteiger partial charge in [-0.05, 0) is 26.0 Å². The molecule has 7 heteroatoms. The lowest BCUT2D eigenvalue weighted by molar-refractivity contribution is 0.0741. The number of rotatable bonds is 6. The van der Waals surface area contributed by atoms with Crippen molar-refractivity contribution in [1.82, 2.24) is 9.88 Å². The molecule has 0 saturated carbocycles. The minimum absolute atomic E-state index is 0.0122. The van der Waals surface area contributed by atoms with Crippen LogP contribution < -0.4 is 15.0 Å². The second kappa shape index (κ2) is 8.20. The Labute approximate surface area is 152 Å². The van der Waals surface area contributed by atoms with Crippen molar-refractivity contribution < 1.29 is 9.53 Å². The highest BCUT2D eigenvalue weighted by molar-refractivity contribution is 7.13. The average Bonchev–Trinajstić information content (AvgIpc) is 3.11. The Hall–Kier alpha value is -2.28. The molecule has 2 heterocycles. The number of hydrogen-bond donors (Lipinski definition) is 1. The lowest BCUT2D eigenvalue weighted by atomic mass is 10.2. The van der Waals surface area contributed by atoms with Gasteiger partial charge in [0.15, 0.2) is 5.13 Å². The summed E-state index contributed by atoms with van der Waals surface area (Å²) in [6, 6.07) is 8.07. The molecule has 3 rings (SSSR count). The number of para-hydroxylation sites is 2. The summed E-state index contributed by atoms with van der Waals surface area (Å²) in [7, 11) is 0. The van der Waals surface area contributed by atoms with Crippen molar-refractivity contribution in [3.05, 3.63) is 35.3 Å². The molecule has 25 heavy (non-hydrogen) atoms. The molecule has 2 aromatic rings. The summed E-state index contributed by atoms with van der Waals surface area (Å²) < 4.78 is 5.72. The van der Waals surface area contributed by atoms with Gasteiger partial charge >= 0.3 is 0 Å². The fraction of sp³-hybridized carbons (Fsp3) is 0.444. The van der Waals surface area contributed by atoms with Crippen LogP contribution in [0.4, 0.5) is 10.8 Å². The second-order valence-corrected chi connectivity index (χ2v) is 6.61. The van der Waals surface area contributed by atoms with Gasteiger partial charge in [-0.15, -0.1) is 11.3 Å². The first kappa shape index (κ1) is 17.5. The molecule has 0 aliphatic carbocycles. The molecule has 0 bridgehead atoms. The van der Waals surface area contributed by atoms with Gasteiger partial charge in [0, 0.05) is 38.1 Å². The van der Waals surface area contributed by atoms with E-state index in [0.717, 1.165) is 36.2 Å². The molecule has 1 aromatic heterocycles. The van der Waals surface area contributed by atoms with E-state index in [2.05, 4.69) is 21.3 Å². The third-order valence-electron chi connectivity index (χ3n) is 4.12. The number of aromatic nitrogens is 1. The number of carbonyl (C=O) groups is 1. The molecule has 1 fully saturated rings. The summed E-state index contributed by atoms with van der Waals surface area (Å²) in [5.41, 5.74) is 1.63. The Kier molecular flexibility index (Phi) is 5.75. The van der Waals surface area contributed by atoms with Gasteiger partial charge in [-0.3, -0.25) is 4.79 Å². The molecule has 6 nitrogen and oxygen atoms in total. The largest absolute Gasteiger partial charge is 0.492 e. The molecule has 1 N–H and O–H groups in total. The van der Waals surface area contributed by atoms with Crippen LogP contribution in [0, 0.1) is 0 Å². The molecule has 1 amide bonds. The van der Waals surface area contributed by atoms with E-state index in [1.54, 1.807) is 0 Å². The average molecular weight is 360 g/mol. The van der Waals surface area contributed by atoms with Crippen molar-refractivity contribution in [2.45, 2.75) is 13.8 Å². The van der Waals surface area contributed by atoms with E-state index in [9.17, 15) is 4.79 Å². The van der Waals surface area contributed by atoms with Gasteiger partial charge in [-0.1, -0.05) is 12.1 Å².